The number of nitrogen functional groups attached to an aromatic ring is 1. The second-order valence-electron chi connectivity index (χ2n) is 4.05. The van der Waals surface area contributed by atoms with Gasteiger partial charge in [0.25, 0.3) is 5.69 Å². The number of hydrogen-bond donors (Lipinski definition) is 2. The van der Waals surface area contributed by atoms with Gasteiger partial charge in [-0.1, -0.05) is 0 Å². The van der Waals surface area contributed by atoms with E-state index in [1.54, 1.807) is 11.6 Å². The maximum atomic E-state index is 12.0. The number of nitrogens with zero attached hydrogens (tertiary/aromatic N) is 2. The Morgan fingerprint density at radius 2 is 2.19 bits per heavy atom. The number of hydrogen-bond acceptors (Lipinski definition) is 7. The zero-order chi connectivity index (χ0) is 15.5. The number of rotatable bonds is 6. The van der Waals surface area contributed by atoms with Gasteiger partial charge in [0.05, 0.1) is 14.8 Å². The molecule has 21 heavy (non-hydrogen) atoms. The molecule has 2 aromatic rings. The van der Waals surface area contributed by atoms with E-state index in [0.29, 0.717) is 6.42 Å². The van der Waals surface area contributed by atoms with Gasteiger partial charge in [-0.3, -0.25) is 10.1 Å². The number of nitrogens with one attached hydrogen (secondary N) is 1. The number of nitrogens with two attached hydrogens (primary N) is 1. The van der Waals surface area contributed by atoms with E-state index >= 15 is 0 Å². The molecule has 1 heterocycles. The summed E-state index contributed by atoms with van der Waals surface area (Å²) in [7, 11) is -3.75. The number of thiazole rings is 1. The summed E-state index contributed by atoms with van der Waals surface area (Å²) in [5, 5.41) is 13.3. The van der Waals surface area contributed by atoms with Crippen LogP contribution < -0.4 is 10.5 Å². The van der Waals surface area contributed by atoms with Crippen molar-refractivity contribution in [3.63, 3.8) is 0 Å². The summed E-state index contributed by atoms with van der Waals surface area (Å²) in [5.41, 5.74) is 4.97. The minimum absolute atomic E-state index is 0.107. The average Bonchev–Trinajstić information content (AvgIpc) is 2.91. The molecule has 0 saturated carbocycles. The van der Waals surface area contributed by atoms with E-state index in [4.69, 9.17) is 5.73 Å². The third-order valence-electron chi connectivity index (χ3n) is 2.62. The molecule has 0 atom stereocenters. The van der Waals surface area contributed by atoms with Crippen LogP contribution in [0.1, 0.15) is 5.01 Å². The Balaban J connectivity index is 2.08. The molecule has 0 aliphatic rings. The molecule has 0 unspecified atom stereocenters. The van der Waals surface area contributed by atoms with Crippen LogP contribution in [0.15, 0.2) is 34.7 Å². The standard InChI is InChI=1S/C11H12N4O4S2/c12-9-7-8(1-2-10(9)15(16)17)21(18,19)14-4-3-11-13-5-6-20-11/h1-2,5-7,14H,3-4,12H2. The summed E-state index contributed by atoms with van der Waals surface area (Å²) in [4.78, 5) is 13.9. The molecule has 112 valence electrons. The second kappa shape index (κ2) is 6.16. The minimum atomic E-state index is -3.75. The quantitative estimate of drug-likeness (QED) is 0.465. The molecule has 8 nitrogen and oxygen atoms in total. The van der Waals surface area contributed by atoms with E-state index in [1.165, 1.54) is 11.3 Å². The number of anilines is 1. The first-order valence-electron chi connectivity index (χ1n) is 5.82. The molecule has 0 saturated heterocycles. The fraction of sp³-hybridized carbons (Fsp3) is 0.182. The smallest absolute Gasteiger partial charge is 0.292 e. The van der Waals surface area contributed by atoms with Crippen molar-refractivity contribution >= 4 is 32.7 Å². The molecule has 0 radical (unpaired) electrons. The molecule has 3 N–H and O–H groups in total. The number of sulfonamides is 1. The zero-order valence-electron chi connectivity index (χ0n) is 10.7. The molecule has 0 amide bonds. The van der Waals surface area contributed by atoms with Crippen LogP contribution in [0.4, 0.5) is 11.4 Å². The van der Waals surface area contributed by atoms with Crippen molar-refractivity contribution in [3.8, 4) is 0 Å². The summed E-state index contributed by atoms with van der Waals surface area (Å²) in [6.07, 6.45) is 2.12. The maximum absolute atomic E-state index is 12.0. The second-order valence-corrected chi connectivity index (χ2v) is 6.80. The molecule has 0 spiro atoms. The van der Waals surface area contributed by atoms with Crippen LogP contribution in [0.25, 0.3) is 0 Å². The van der Waals surface area contributed by atoms with Crippen LogP contribution in [0.3, 0.4) is 0 Å². The van der Waals surface area contributed by atoms with Gasteiger partial charge >= 0.3 is 0 Å². The monoisotopic (exact) mass is 328 g/mol. The van der Waals surface area contributed by atoms with Crippen LogP contribution in [0, 0.1) is 10.1 Å². The molecule has 0 aliphatic carbocycles. The SMILES string of the molecule is Nc1cc(S(=O)(=O)NCCc2nccs2)ccc1[N+](=O)[O-]. The highest BCUT2D eigenvalue weighted by Gasteiger charge is 2.18. The van der Waals surface area contributed by atoms with Crippen molar-refractivity contribution in [3.05, 3.63) is 44.9 Å². The molecule has 1 aromatic carbocycles. The average molecular weight is 328 g/mol. The first-order valence-corrected chi connectivity index (χ1v) is 8.18. The molecule has 10 heteroatoms. The van der Waals surface area contributed by atoms with Crippen LogP contribution in [-0.4, -0.2) is 24.9 Å². The van der Waals surface area contributed by atoms with Gasteiger partial charge in [0, 0.05) is 30.6 Å². The number of nitro benzene ring substituents is 1. The van der Waals surface area contributed by atoms with Crippen LogP contribution in [-0.2, 0) is 16.4 Å². The Bertz CT molecular complexity index is 744. The fourth-order valence-electron chi connectivity index (χ4n) is 1.62. The highest BCUT2D eigenvalue weighted by atomic mass is 32.2. The van der Waals surface area contributed by atoms with Gasteiger partial charge in [-0.05, 0) is 12.1 Å². The lowest BCUT2D eigenvalue weighted by molar-refractivity contribution is -0.383. The Labute approximate surface area is 124 Å². The predicted molar refractivity (Wildman–Crippen MR) is 78.5 cm³/mol. The van der Waals surface area contributed by atoms with Crippen molar-refractivity contribution in [2.75, 3.05) is 12.3 Å². The van der Waals surface area contributed by atoms with Gasteiger partial charge in [-0.15, -0.1) is 11.3 Å². The van der Waals surface area contributed by atoms with Gasteiger partial charge < -0.3 is 5.73 Å². The van der Waals surface area contributed by atoms with E-state index in [1.807, 2.05) is 0 Å². The van der Waals surface area contributed by atoms with E-state index in [-0.39, 0.29) is 22.8 Å². The van der Waals surface area contributed by atoms with E-state index in [0.717, 1.165) is 23.2 Å². The molecule has 0 bridgehead atoms. The first kappa shape index (κ1) is 15.4. The Morgan fingerprint density at radius 3 is 2.76 bits per heavy atom. The molecule has 0 aliphatic heterocycles. The van der Waals surface area contributed by atoms with E-state index < -0.39 is 14.9 Å². The van der Waals surface area contributed by atoms with E-state index in [2.05, 4.69) is 9.71 Å². The largest absolute Gasteiger partial charge is 0.393 e. The lowest BCUT2D eigenvalue weighted by atomic mass is 10.3. The maximum Gasteiger partial charge on any atom is 0.292 e. The Kier molecular flexibility index (Phi) is 4.50. The minimum Gasteiger partial charge on any atom is -0.393 e. The van der Waals surface area contributed by atoms with Gasteiger partial charge in [0.2, 0.25) is 10.0 Å². The molecular weight excluding hydrogens is 316 g/mol. The third kappa shape index (κ3) is 3.74. The summed E-state index contributed by atoms with van der Waals surface area (Å²) in [6, 6.07) is 3.30. The summed E-state index contributed by atoms with van der Waals surface area (Å²) in [6.45, 7) is 0.187. The highest BCUT2D eigenvalue weighted by molar-refractivity contribution is 7.89. The lowest BCUT2D eigenvalue weighted by Gasteiger charge is -2.06. The van der Waals surface area contributed by atoms with Gasteiger partial charge in [0.1, 0.15) is 5.69 Å². The van der Waals surface area contributed by atoms with Gasteiger partial charge in [0.15, 0.2) is 0 Å². The summed E-state index contributed by atoms with van der Waals surface area (Å²) >= 11 is 1.44. The van der Waals surface area contributed by atoms with Crippen molar-refractivity contribution in [1.82, 2.24) is 9.71 Å². The Morgan fingerprint density at radius 1 is 1.43 bits per heavy atom. The fourth-order valence-corrected chi connectivity index (χ4v) is 3.31. The third-order valence-corrected chi connectivity index (χ3v) is 4.92. The van der Waals surface area contributed by atoms with Gasteiger partial charge in [-0.25, -0.2) is 18.1 Å². The molecule has 1 aromatic heterocycles. The molecular formula is C11H12N4O4S2. The number of benzene rings is 1. The molecule has 0 fully saturated rings. The predicted octanol–water partition coefficient (Wildman–Crippen LogP) is 1.15. The summed E-state index contributed by atoms with van der Waals surface area (Å²) < 4.78 is 26.5. The van der Waals surface area contributed by atoms with Gasteiger partial charge in [-0.2, -0.15) is 0 Å². The van der Waals surface area contributed by atoms with Crippen LogP contribution in [0.2, 0.25) is 0 Å². The number of nitro groups is 1. The number of aromatic nitrogens is 1. The van der Waals surface area contributed by atoms with Crippen molar-refractivity contribution < 1.29 is 13.3 Å². The lowest BCUT2D eigenvalue weighted by Crippen LogP contribution is -2.26. The van der Waals surface area contributed by atoms with Crippen LogP contribution in [0.5, 0.6) is 0 Å². The van der Waals surface area contributed by atoms with Crippen molar-refractivity contribution in [2.24, 2.45) is 0 Å². The van der Waals surface area contributed by atoms with E-state index in [9.17, 15) is 18.5 Å². The first-order chi connectivity index (χ1) is 9.90. The normalized spacial score (nSPS) is 11.4. The van der Waals surface area contributed by atoms with Crippen molar-refractivity contribution in [1.29, 1.82) is 0 Å². The van der Waals surface area contributed by atoms with Crippen molar-refractivity contribution in [2.45, 2.75) is 11.3 Å². The van der Waals surface area contributed by atoms with Crippen LogP contribution >= 0.6 is 11.3 Å². The zero-order valence-corrected chi connectivity index (χ0v) is 12.4. The summed E-state index contributed by atoms with van der Waals surface area (Å²) in [5.74, 6) is 0. The molecule has 2 rings (SSSR count). The highest BCUT2D eigenvalue weighted by Crippen LogP contribution is 2.24. The Hall–Kier alpha value is -2.04. The topological polar surface area (TPSA) is 128 Å².